The Kier molecular flexibility index (Phi) is 3.88. The maximum Gasteiger partial charge on any atom is 0.135 e. The topological polar surface area (TPSA) is 47.0 Å². The molecule has 0 saturated heterocycles. The van der Waals surface area contributed by atoms with Gasteiger partial charge in [0.25, 0.3) is 0 Å². The van der Waals surface area contributed by atoms with Gasteiger partial charge in [0.1, 0.15) is 11.6 Å². The van der Waals surface area contributed by atoms with Gasteiger partial charge in [-0.25, -0.2) is 9.97 Å². The van der Waals surface area contributed by atoms with E-state index in [0.29, 0.717) is 6.61 Å². The van der Waals surface area contributed by atoms with Crippen LogP contribution >= 0.6 is 0 Å². The summed E-state index contributed by atoms with van der Waals surface area (Å²) in [4.78, 5) is 9.39. The van der Waals surface area contributed by atoms with E-state index >= 15 is 0 Å². The molecule has 0 amide bonds. The van der Waals surface area contributed by atoms with Gasteiger partial charge in [-0.15, -0.1) is 0 Å². The van der Waals surface area contributed by atoms with E-state index in [4.69, 9.17) is 9.72 Å². The number of nitrogens with one attached hydrogen (secondary N) is 1. The van der Waals surface area contributed by atoms with E-state index in [1.54, 1.807) is 0 Å². The number of aromatic nitrogens is 2. The van der Waals surface area contributed by atoms with Gasteiger partial charge in [0.15, 0.2) is 0 Å². The van der Waals surface area contributed by atoms with Crippen LogP contribution < -0.4 is 5.32 Å². The zero-order valence-electron chi connectivity index (χ0n) is 12.9. The molecule has 0 unspecified atom stereocenters. The molecule has 110 valence electrons. The van der Waals surface area contributed by atoms with E-state index in [1.165, 1.54) is 16.7 Å². The maximum atomic E-state index is 5.51. The minimum Gasteiger partial charge on any atom is -0.376 e. The second kappa shape index (κ2) is 5.82. The molecule has 0 spiro atoms. The predicted octanol–water partition coefficient (Wildman–Crippen LogP) is 2.80. The van der Waals surface area contributed by atoms with E-state index in [-0.39, 0.29) is 0 Å². The average molecular weight is 283 g/mol. The van der Waals surface area contributed by atoms with Crippen molar-refractivity contribution in [2.45, 2.75) is 33.3 Å². The highest BCUT2D eigenvalue weighted by molar-refractivity contribution is 5.47. The fraction of sp³-hybridized carbons (Fsp3) is 0.412. The number of ether oxygens (including phenoxy) is 1. The molecule has 4 nitrogen and oxygen atoms in total. The lowest BCUT2D eigenvalue weighted by Gasteiger charge is -2.19. The Hall–Kier alpha value is -1.94. The Morgan fingerprint density at radius 2 is 2.05 bits per heavy atom. The summed E-state index contributed by atoms with van der Waals surface area (Å²) in [6.07, 6.45) is 1.64. The number of fused-ring (bicyclic) bond motifs is 1. The molecule has 0 radical (unpaired) electrons. The molecule has 3 rings (SSSR count). The molecule has 21 heavy (non-hydrogen) atoms. The zero-order chi connectivity index (χ0) is 14.8. The molecule has 0 atom stereocenters. The summed E-state index contributed by atoms with van der Waals surface area (Å²) in [5, 5.41) is 3.17. The van der Waals surface area contributed by atoms with Gasteiger partial charge < -0.3 is 10.1 Å². The van der Waals surface area contributed by atoms with Gasteiger partial charge in [0.05, 0.1) is 18.9 Å². The van der Waals surface area contributed by atoms with Crippen molar-refractivity contribution in [1.82, 2.24) is 9.97 Å². The van der Waals surface area contributed by atoms with Crippen molar-refractivity contribution in [3.8, 4) is 0 Å². The number of hydrogen-bond acceptors (Lipinski definition) is 4. The van der Waals surface area contributed by atoms with Crippen LogP contribution in [0, 0.1) is 13.8 Å². The first-order valence-corrected chi connectivity index (χ1v) is 7.37. The molecule has 1 aromatic carbocycles. The molecule has 1 aliphatic rings. The number of hydrogen-bond donors (Lipinski definition) is 1. The largest absolute Gasteiger partial charge is 0.376 e. The molecule has 0 fully saturated rings. The normalized spacial score (nSPS) is 13.9. The standard InChI is InChI=1S/C17H21N3O/c1-11-4-5-13(8-12(11)2)9-16-19-15-6-7-21-10-14(15)17(18-3)20-16/h4-5,8H,6-7,9-10H2,1-3H3,(H,18,19,20). The van der Waals surface area contributed by atoms with Gasteiger partial charge in [0, 0.05) is 25.5 Å². The van der Waals surface area contributed by atoms with Crippen molar-refractivity contribution in [2.75, 3.05) is 19.0 Å². The molecular weight excluding hydrogens is 262 g/mol. The Labute approximate surface area is 125 Å². The number of anilines is 1. The first-order valence-electron chi connectivity index (χ1n) is 7.37. The summed E-state index contributed by atoms with van der Waals surface area (Å²) in [5.74, 6) is 1.78. The molecule has 2 heterocycles. The summed E-state index contributed by atoms with van der Waals surface area (Å²) >= 11 is 0. The van der Waals surface area contributed by atoms with Crippen LogP contribution in [0.3, 0.4) is 0 Å². The minimum absolute atomic E-state index is 0.607. The van der Waals surface area contributed by atoms with Crippen LogP contribution in [0.1, 0.15) is 33.8 Å². The second-order valence-corrected chi connectivity index (χ2v) is 5.56. The van der Waals surface area contributed by atoms with E-state index in [0.717, 1.165) is 42.3 Å². The first-order chi connectivity index (χ1) is 10.2. The molecule has 1 N–H and O–H groups in total. The minimum atomic E-state index is 0.607. The molecule has 2 aromatic rings. The molecule has 0 saturated carbocycles. The van der Waals surface area contributed by atoms with E-state index in [2.05, 4.69) is 42.3 Å². The quantitative estimate of drug-likeness (QED) is 0.941. The van der Waals surface area contributed by atoms with Crippen molar-refractivity contribution < 1.29 is 4.74 Å². The van der Waals surface area contributed by atoms with Crippen molar-refractivity contribution in [2.24, 2.45) is 0 Å². The zero-order valence-corrected chi connectivity index (χ0v) is 12.9. The second-order valence-electron chi connectivity index (χ2n) is 5.56. The summed E-state index contributed by atoms with van der Waals surface area (Å²) in [6, 6.07) is 6.55. The fourth-order valence-corrected chi connectivity index (χ4v) is 2.66. The van der Waals surface area contributed by atoms with Crippen LogP contribution in [0.15, 0.2) is 18.2 Å². The van der Waals surface area contributed by atoms with Gasteiger partial charge >= 0.3 is 0 Å². The summed E-state index contributed by atoms with van der Waals surface area (Å²) in [5.41, 5.74) is 6.12. The number of nitrogens with zero attached hydrogens (tertiary/aromatic N) is 2. The summed E-state index contributed by atoms with van der Waals surface area (Å²) in [7, 11) is 1.90. The van der Waals surface area contributed by atoms with Crippen molar-refractivity contribution in [3.63, 3.8) is 0 Å². The van der Waals surface area contributed by atoms with Gasteiger partial charge in [-0.3, -0.25) is 0 Å². The van der Waals surface area contributed by atoms with E-state index in [1.807, 2.05) is 7.05 Å². The lowest BCUT2D eigenvalue weighted by Crippen LogP contribution is -2.17. The Bertz CT molecular complexity index is 650. The first kappa shape index (κ1) is 14.0. The van der Waals surface area contributed by atoms with Gasteiger partial charge in [-0.05, 0) is 30.5 Å². The average Bonchev–Trinajstić information content (AvgIpc) is 2.50. The molecule has 0 aliphatic carbocycles. The Morgan fingerprint density at radius 1 is 1.19 bits per heavy atom. The van der Waals surface area contributed by atoms with Crippen LogP contribution in [-0.4, -0.2) is 23.6 Å². The highest BCUT2D eigenvalue weighted by Gasteiger charge is 2.17. The predicted molar refractivity (Wildman–Crippen MR) is 83.7 cm³/mol. The van der Waals surface area contributed by atoms with Crippen LogP contribution in [-0.2, 0) is 24.2 Å². The van der Waals surface area contributed by atoms with Crippen LogP contribution in [0.5, 0.6) is 0 Å². The molecule has 0 bridgehead atoms. The maximum absolute atomic E-state index is 5.51. The SMILES string of the molecule is CNc1nc(Cc2ccc(C)c(C)c2)nc2c1COCC2. The van der Waals surface area contributed by atoms with E-state index in [9.17, 15) is 0 Å². The lowest BCUT2D eigenvalue weighted by atomic mass is 10.0. The number of aryl methyl sites for hydroxylation is 2. The number of rotatable bonds is 3. The number of benzene rings is 1. The van der Waals surface area contributed by atoms with Gasteiger partial charge in [0.2, 0.25) is 0 Å². The van der Waals surface area contributed by atoms with Crippen LogP contribution in [0.2, 0.25) is 0 Å². The van der Waals surface area contributed by atoms with E-state index < -0.39 is 0 Å². The van der Waals surface area contributed by atoms with Gasteiger partial charge in [-0.2, -0.15) is 0 Å². The molecule has 1 aromatic heterocycles. The summed E-state index contributed by atoms with van der Waals surface area (Å²) in [6.45, 7) is 5.63. The van der Waals surface area contributed by atoms with Crippen LogP contribution in [0.4, 0.5) is 5.82 Å². The lowest BCUT2D eigenvalue weighted by molar-refractivity contribution is 0.109. The highest BCUT2D eigenvalue weighted by atomic mass is 16.5. The van der Waals surface area contributed by atoms with Crippen molar-refractivity contribution in [3.05, 3.63) is 52.0 Å². The summed E-state index contributed by atoms with van der Waals surface area (Å²) < 4.78 is 5.51. The Balaban J connectivity index is 1.93. The molecule has 1 aliphatic heterocycles. The third kappa shape index (κ3) is 2.90. The molecular formula is C17H21N3O. The smallest absolute Gasteiger partial charge is 0.135 e. The van der Waals surface area contributed by atoms with Crippen molar-refractivity contribution >= 4 is 5.82 Å². The Morgan fingerprint density at radius 3 is 2.81 bits per heavy atom. The third-order valence-electron chi connectivity index (χ3n) is 4.04. The van der Waals surface area contributed by atoms with Crippen molar-refractivity contribution in [1.29, 1.82) is 0 Å². The van der Waals surface area contributed by atoms with Gasteiger partial charge in [-0.1, -0.05) is 18.2 Å². The monoisotopic (exact) mass is 283 g/mol. The fourth-order valence-electron chi connectivity index (χ4n) is 2.66. The highest BCUT2D eigenvalue weighted by Crippen LogP contribution is 2.23. The molecule has 4 heteroatoms. The third-order valence-corrected chi connectivity index (χ3v) is 4.04. The van der Waals surface area contributed by atoms with Crippen LogP contribution in [0.25, 0.3) is 0 Å².